The van der Waals surface area contributed by atoms with Crippen molar-refractivity contribution in [1.82, 2.24) is 10.3 Å². The molecule has 0 radical (unpaired) electrons. The van der Waals surface area contributed by atoms with Gasteiger partial charge in [0.25, 0.3) is 0 Å². The lowest BCUT2D eigenvalue weighted by Gasteiger charge is -2.20. The number of nitrogens with one attached hydrogen (secondary N) is 1. The predicted molar refractivity (Wildman–Crippen MR) is 73.1 cm³/mol. The molecule has 0 aliphatic heterocycles. The summed E-state index contributed by atoms with van der Waals surface area (Å²) in [5.41, 5.74) is 1.51. The molecule has 0 saturated heterocycles. The molecular weight excluding hydrogens is 267 g/mol. The van der Waals surface area contributed by atoms with Crippen molar-refractivity contribution in [2.45, 2.75) is 6.04 Å². The molecule has 1 unspecified atom stereocenters. The van der Waals surface area contributed by atoms with Crippen LogP contribution in [0.5, 0.6) is 5.75 Å². The molecule has 1 heterocycles. The molecule has 0 aliphatic carbocycles. The van der Waals surface area contributed by atoms with Crippen molar-refractivity contribution in [2.75, 3.05) is 14.2 Å². The van der Waals surface area contributed by atoms with E-state index in [-0.39, 0.29) is 11.9 Å². The molecule has 0 bridgehead atoms. The molecule has 1 atom stereocenters. The van der Waals surface area contributed by atoms with Crippen LogP contribution in [0.15, 0.2) is 36.7 Å². The Hall–Kier alpha value is -1.65. The molecule has 2 rings (SSSR count). The van der Waals surface area contributed by atoms with Crippen LogP contribution in [-0.2, 0) is 0 Å². The number of ether oxygens (including phenoxy) is 1. The lowest BCUT2D eigenvalue weighted by molar-refractivity contribution is 0.403. The second-order valence-corrected chi connectivity index (χ2v) is 4.41. The molecule has 0 amide bonds. The average Bonchev–Trinajstić information content (AvgIpc) is 2.44. The summed E-state index contributed by atoms with van der Waals surface area (Å²) in [5, 5.41) is 3.62. The topological polar surface area (TPSA) is 34.2 Å². The number of methoxy groups -OCH3 is 1. The summed E-state index contributed by atoms with van der Waals surface area (Å²) in [7, 11) is 3.35. The van der Waals surface area contributed by atoms with Crippen LogP contribution < -0.4 is 10.1 Å². The van der Waals surface area contributed by atoms with Gasteiger partial charge < -0.3 is 10.1 Å². The Balaban J connectivity index is 2.53. The Kier molecular flexibility index (Phi) is 4.35. The fourth-order valence-electron chi connectivity index (χ4n) is 2.01. The third kappa shape index (κ3) is 2.85. The zero-order valence-electron chi connectivity index (χ0n) is 10.7. The van der Waals surface area contributed by atoms with Crippen molar-refractivity contribution in [2.24, 2.45) is 0 Å². The van der Waals surface area contributed by atoms with E-state index in [4.69, 9.17) is 16.3 Å². The fourth-order valence-corrected chi connectivity index (χ4v) is 2.24. The molecule has 100 valence electrons. The maximum absolute atomic E-state index is 13.4. The largest absolute Gasteiger partial charge is 0.495 e. The summed E-state index contributed by atoms with van der Waals surface area (Å²) in [6.45, 7) is 0. The summed E-state index contributed by atoms with van der Waals surface area (Å²) in [6, 6.07) is 5.86. The second kappa shape index (κ2) is 5.99. The molecule has 1 N–H and O–H groups in total. The molecule has 0 spiro atoms. The molecule has 1 aromatic carbocycles. The SMILES string of the molecule is CNC(c1cc(F)ccc1Cl)c1ccncc1OC. The first kappa shape index (κ1) is 13.8. The zero-order valence-corrected chi connectivity index (χ0v) is 11.4. The summed E-state index contributed by atoms with van der Waals surface area (Å²) in [4.78, 5) is 4.01. The van der Waals surface area contributed by atoms with E-state index in [1.54, 1.807) is 32.6 Å². The number of hydrogen-bond donors (Lipinski definition) is 1. The highest BCUT2D eigenvalue weighted by atomic mass is 35.5. The molecule has 0 saturated carbocycles. The Morgan fingerprint density at radius 3 is 2.79 bits per heavy atom. The summed E-state index contributed by atoms with van der Waals surface area (Å²) in [5.74, 6) is 0.301. The van der Waals surface area contributed by atoms with Crippen LogP contribution in [-0.4, -0.2) is 19.1 Å². The number of nitrogens with zero attached hydrogens (tertiary/aromatic N) is 1. The van der Waals surface area contributed by atoms with Crippen LogP contribution in [0.3, 0.4) is 0 Å². The average molecular weight is 281 g/mol. The Bertz CT molecular complexity index is 577. The number of aromatic nitrogens is 1. The van der Waals surface area contributed by atoms with Crippen LogP contribution in [0.1, 0.15) is 17.2 Å². The highest BCUT2D eigenvalue weighted by Gasteiger charge is 2.19. The van der Waals surface area contributed by atoms with Gasteiger partial charge in [0.15, 0.2) is 0 Å². The minimum absolute atomic E-state index is 0.263. The van der Waals surface area contributed by atoms with Gasteiger partial charge >= 0.3 is 0 Å². The van der Waals surface area contributed by atoms with Crippen molar-refractivity contribution >= 4 is 11.6 Å². The first-order chi connectivity index (χ1) is 9.17. The van der Waals surface area contributed by atoms with E-state index in [0.717, 1.165) is 5.56 Å². The van der Waals surface area contributed by atoms with E-state index in [9.17, 15) is 4.39 Å². The van der Waals surface area contributed by atoms with Crippen LogP contribution in [0, 0.1) is 5.82 Å². The normalized spacial score (nSPS) is 12.2. The van der Waals surface area contributed by atoms with Gasteiger partial charge in [-0.15, -0.1) is 0 Å². The molecule has 2 aromatic rings. The van der Waals surface area contributed by atoms with Gasteiger partial charge in [-0.1, -0.05) is 11.6 Å². The minimum atomic E-state index is -0.326. The van der Waals surface area contributed by atoms with E-state index in [1.165, 1.54) is 12.1 Å². The minimum Gasteiger partial charge on any atom is -0.495 e. The smallest absolute Gasteiger partial charge is 0.142 e. The number of pyridine rings is 1. The van der Waals surface area contributed by atoms with Gasteiger partial charge in [0.1, 0.15) is 11.6 Å². The summed E-state index contributed by atoms with van der Waals surface area (Å²) < 4.78 is 18.7. The van der Waals surface area contributed by atoms with Gasteiger partial charge in [-0.2, -0.15) is 0 Å². The van der Waals surface area contributed by atoms with Crippen molar-refractivity contribution < 1.29 is 9.13 Å². The van der Waals surface area contributed by atoms with E-state index in [2.05, 4.69) is 10.3 Å². The molecule has 5 heteroatoms. The molecule has 0 aliphatic rings. The fraction of sp³-hybridized carbons (Fsp3) is 0.214. The quantitative estimate of drug-likeness (QED) is 0.934. The molecular formula is C14H14ClFN2O. The molecule has 0 fully saturated rings. The predicted octanol–water partition coefficient (Wildman–Crippen LogP) is 3.19. The van der Waals surface area contributed by atoms with E-state index in [0.29, 0.717) is 16.3 Å². The molecule has 19 heavy (non-hydrogen) atoms. The second-order valence-electron chi connectivity index (χ2n) is 4.01. The summed E-state index contributed by atoms with van der Waals surface area (Å²) >= 11 is 6.15. The van der Waals surface area contributed by atoms with Crippen molar-refractivity contribution in [1.29, 1.82) is 0 Å². The van der Waals surface area contributed by atoms with Crippen LogP contribution in [0.25, 0.3) is 0 Å². The van der Waals surface area contributed by atoms with Crippen LogP contribution in [0.2, 0.25) is 5.02 Å². The molecule has 1 aromatic heterocycles. The monoisotopic (exact) mass is 280 g/mol. The highest BCUT2D eigenvalue weighted by molar-refractivity contribution is 6.31. The van der Waals surface area contributed by atoms with Crippen molar-refractivity contribution in [3.8, 4) is 5.75 Å². The van der Waals surface area contributed by atoms with E-state index >= 15 is 0 Å². The third-order valence-corrected chi connectivity index (χ3v) is 3.25. The Morgan fingerprint density at radius 2 is 2.11 bits per heavy atom. The first-order valence-electron chi connectivity index (χ1n) is 5.77. The van der Waals surface area contributed by atoms with Crippen molar-refractivity contribution in [3.05, 3.63) is 58.6 Å². The van der Waals surface area contributed by atoms with Gasteiger partial charge in [0, 0.05) is 16.8 Å². The van der Waals surface area contributed by atoms with Crippen LogP contribution in [0.4, 0.5) is 4.39 Å². The van der Waals surface area contributed by atoms with Gasteiger partial charge in [-0.25, -0.2) is 4.39 Å². The van der Waals surface area contributed by atoms with Gasteiger partial charge in [0.2, 0.25) is 0 Å². The van der Waals surface area contributed by atoms with Crippen LogP contribution >= 0.6 is 11.6 Å². The maximum atomic E-state index is 13.4. The highest BCUT2D eigenvalue weighted by Crippen LogP contribution is 2.33. The van der Waals surface area contributed by atoms with Gasteiger partial charge in [-0.05, 0) is 36.9 Å². The van der Waals surface area contributed by atoms with Gasteiger partial charge in [-0.3, -0.25) is 4.98 Å². The summed E-state index contributed by atoms with van der Waals surface area (Å²) in [6.07, 6.45) is 3.28. The number of rotatable bonds is 4. The zero-order chi connectivity index (χ0) is 13.8. The third-order valence-electron chi connectivity index (χ3n) is 2.91. The lowest BCUT2D eigenvalue weighted by atomic mass is 9.99. The maximum Gasteiger partial charge on any atom is 0.142 e. The molecule has 3 nitrogen and oxygen atoms in total. The number of hydrogen-bond acceptors (Lipinski definition) is 3. The Labute approximate surface area is 116 Å². The standard InChI is InChI=1S/C14H14ClFN2O/c1-17-14(10-5-6-18-8-13(10)19-2)11-7-9(16)3-4-12(11)15/h3-8,14,17H,1-2H3. The van der Waals surface area contributed by atoms with E-state index < -0.39 is 0 Å². The van der Waals surface area contributed by atoms with Gasteiger partial charge in [0.05, 0.1) is 19.3 Å². The number of benzene rings is 1. The lowest BCUT2D eigenvalue weighted by Crippen LogP contribution is -2.19. The first-order valence-corrected chi connectivity index (χ1v) is 6.15. The number of halogens is 2. The van der Waals surface area contributed by atoms with E-state index in [1.807, 2.05) is 6.07 Å². The van der Waals surface area contributed by atoms with Crippen molar-refractivity contribution in [3.63, 3.8) is 0 Å². The Morgan fingerprint density at radius 1 is 1.32 bits per heavy atom.